The molecule has 4 heteroatoms. The Morgan fingerprint density at radius 1 is 1.28 bits per heavy atom. The molecule has 0 spiro atoms. The Bertz CT molecular complexity index is 311. The number of aliphatic imine (C=N–C) groups is 1. The molecule has 0 radical (unpaired) electrons. The van der Waals surface area contributed by atoms with E-state index in [1.165, 1.54) is 25.0 Å². The van der Waals surface area contributed by atoms with Crippen LogP contribution < -0.4 is 5.32 Å². The highest BCUT2D eigenvalue weighted by molar-refractivity contribution is 8.13. The quantitative estimate of drug-likeness (QED) is 0.837. The molecule has 0 saturated heterocycles. The van der Waals surface area contributed by atoms with E-state index in [1.807, 2.05) is 18.9 Å². The number of ether oxygens (including phenoxy) is 1. The van der Waals surface area contributed by atoms with Crippen molar-refractivity contribution >= 4 is 16.9 Å². The molecule has 3 unspecified atom stereocenters. The van der Waals surface area contributed by atoms with Crippen LogP contribution in [0.3, 0.4) is 0 Å². The number of amidine groups is 1. The van der Waals surface area contributed by atoms with Gasteiger partial charge in [0.1, 0.15) is 0 Å². The molecule has 0 aromatic carbocycles. The average molecular weight is 270 g/mol. The van der Waals surface area contributed by atoms with Gasteiger partial charge in [-0.2, -0.15) is 0 Å². The van der Waals surface area contributed by atoms with Crippen LogP contribution in [-0.4, -0.2) is 36.2 Å². The lowest BCUT2D eigenvalue weighted by atomic mass is 9.85. The van der Waals surface area contributed by atoms with Gasteiger partial charge in [-0.15, -0.1) is 0 Å². The number of hydrogen-bond acceptors (Lipinski definition) is 4. The van der Waals surface area contributed by atoms with Crippen LogP contribution in [-0.2, 0) is 4.74 Å². The van der Waals surface area contributed by atoms with Crippen molar-refractivity contribution in [2.75, 3.05) is 12.9 Å². The zero-order valence-corrected chi connectivity index (χ0v) is 12.8. The zero-order valence-electron chi connectivity index (χ0n) is 12.0. The van der Waals surface area contributed by atoms with E-state index >= 15 is 0 Å². The van der Waals surface area contributed by atoms with Gasteiger partial charge in [0.15, 0.2) is 5.17 Å². The SMILES string of the molecule is COC1CCC(NC2=NC(C(C)(C)C)CCS2)C1. The molecule has 3 nitrogen and oxygen atoms in total. The molecule has 0 aromatic heterocycles. The minimum Gasteiger partial charge on any atom is -0.381 e. The molecular formula is C14H26N2OS. The highest BCUT2D eigenvalue weighted by Gasteiger charge is 2.29. The van der Waals surface area contributed by atoms with E-state index in [9.17, 15) is 0 Å². The van der Waals surface area contributed by atoms with E-state index in [-0.39, 0.29) is 5.41 Å². The first-order valence-corrected chi connectivity index (χ1v) is 7.97. The molecule has 1 aliphatic heterocycles. The molecule has 104 valence electrons. The highest BCUT2D eigenvalue weighted by atomic mass is 32.2. The summed E-state index contributed by atoms with van der Waals surface area (Å²) < 4.78 is 5.42. The van der Waals surface area contributed by atoms with Crippen molar-refractivity contribution < 1.29 is 4.74 Å². The molecule has 0 aromatic rings. The minimum atomic E-state index is 0.276. The lowest BCUT2D eigenvalue weighted by molar-refractivity contribution is 0.107. The summed E-state index contributed by atoms with van der Waals surface area (Å²) in [6.45, 7) is 6.85. The van der Waals surface area contributed by atoms with Crippen LogP contribution in [0.2, 0.25) is 0 Å². The summed E-state index contributed by atoms with van der Waals surface area (Å²) >= 11 is 1.88. The van der Waals surface area contributed by atoms with Gasteiger partial charge in [0.25, 0.3) is 0 Å². The normalized spacial score (nSPS) is 33.3. The molecule has 1 saturated carbocycles. The monoisotopic (exact) mass is 270 g/mol. The second kappa shape index (κ2) is 5.83. The molecule has 3 atom stereocenters. The number of hydrogen-bond donors (Lipinski definition) is 1. The summed E-state index contributed by atoms with van der Waals surface area (Å²) in [5.41, 5.74) is 0.276. The van der Waals surface area contributed by atoms with Crippen molar-refractivity contribution in [3.05, 3.63) is 0 Å². The van der Waals surface area contributed by atoms with Gasteiger partial charge in [-0.25, -0.2) is 0 Å². The van der Waals surface area contributed by atoms with Crippen LogP contribution in [0.4, 0.5) is 0 Å². The van der Waals surface area contributed by atoms with E-state index in [0.29, 0.717) is 18.2 Å². The fraction of sp³-hybridized carbons (Fsp3) is 0.929. The Kier molecular flexibility index (Phi) is 4.59. The summed E-state index contributed by atoms with van der Waals surface area (Å²) in [6.07, 6.45) is 5.14. The summed E-state index contributed by atoms with van der Waals surface area (Å²) in [4.78, 5) is 4.90. The lowest BCUT2D eigenvalue weighted by Crippen LogP contribution is -2.37. The third kappa shape index (κ3) is 3.64. The summed E-state index contributed by atoms with van der Waals surface area (Å²) in [5, 5.41) is 4.77. The van der Waals surface area contributed by atoms with E-state index in [0.717, 1.165) is 11.6 Å². The van der Waals surface area contributed by atoms with Crippen LogP contribution in [0.5, 0.6) is 0 Å². The summed E-state index contributed by atoms with van der Waals surface area (Å²) in [6, 6.07) is 1.01. The molecule has 1 aliphatic carbocycles. The van der Waals surface area contributed by atoms with Crippen molar-refractivity contribution in [1.82, 2.24) is 5.32 Å². The fourth-order valence-corrected chi connectivity index (χ4v) is 3.66. The molecule has 2 aliphatic rings. The number of methoxy groups -OCH3 is 1. The first-order valence-electron chi connectivity index (χ1n) is 6.99. The number of rotatable bonds is 2. The van der Waals surface area contributed by atoms with Gasteiger partial charge in [-0.3, -0.25) is 4.99 Å². The molecule has 2 rings (SSSR count). The Hall–Kier alpha value is -0.220. The van der Waals surface area contributed by atoms with Gasteiger partial charge < -0.3 is 10.1 Å². The molecule has 1 fully saturated rings. The maximum Gasteiger partial charge on any atom is 0.157 e. The third-order valence-electron chi connectivity index (χ3n) is 3.95. The van der Waals surface area contributed by atoms with Crippen molar-refractivity contribution in [1.29, 1.82) is 0 Å². The summed E-state index contributed by atoms with van der Waals surface area (Å²) in [7, 11) is 1.82. The largest absolute Gasteiger partial charge is 0.381 e. The van der Waals surface area contributed by atoms with Gasteiger partial charge >= 0.3 is 0 Å². The van der Waals surface area contributed by atoms with Gasteiger partial charge in [0.05, 0.1) is 12.1 Å². The fourth-order valence-electron chi connectivity index (χ4n) is 2.68. The Labute approximate surface area is 115 Å². The van der Waals surface area contributed by atoms with Gasteiger partial charge in [-0.05, 0) is 31.1 Å². The molecule has 1 heterocycles. The third-order valence-corrected chi connectivity index (χ3v) is 4.88. The van der Waals surface area contributed by atoms with E-state index in [2.05, 4.69) is 26.1 Å². The topological polar surface area (TPSA) is 33.6 Å². The van der Waals surface area contributed by atoms with Gasteiger partial charge in [0, 0.05) is 18.9 Å². The van der Waals surface area contributed by atoms with Crippen LogP contribution >= 0.6 is 11.8 Å². The van der Waals surface area contributed by atoms with Crippen molar-refractivity contribution in [3.8, 4) is 0 Å². The molecule has 0 bridgehead atoms. The maximum absolute atomic E-state index is 5.42. The maximum atomic E-state index is 5.42. The zero-order chi connectivity index (χ0) is 13.2. The highest BCUT2D eigenvalue weighted by Crippen LogP contribution is 2.31. The van der Waals surface area contributed by atoms with E-state index in [1.54, 1.807) is 0 Å². The van der Waals surface area contributed by atoms with E-state index < -0.39 is 0 Å². The molecular weight excluding hydrogens is 244 g/mol. The van der Waals surface area contributed by atoms with Gasteiger partial charge in [-0.1, -0.05) is 32.5 Å². The number of nitrogens with zero attached hydrogens (tertiary/aromatic N) is 1. The Morgan fingerprint density at radius 2 is 2.06 bits per heavy atom. The Morgan fingerprint density at radius 3 is 2.67 bits per heavy atom. The summed E-state index contributed by atoms with van der Waals surface area (Å²) in [5.74, 6) is 1.19. The average Bonchev–Trinajstić information content (AvgIpc) is 2.76. The lowest BCUT2D eigenvalue weighted by Gasteiger charge is -2.31. The Balaban J connectivity index is 1.91. The van der Waals surface area contributed by atoms with Crippen molar-refractivity contribution in [2.45, 2.75) is 64.6 Å². The predicted octanol–water partition coefficient (Wildman–Crippen LogP) is 3.05. The second-order valence-corrected chi connectivity index (χ2v) is 7.55. The number of thioether (sulfide) groups is 1. The first kappa shape index (κ1) is 14.2. The number of nitrogens with one attached hydrogen (secondary N) is 1. The molecule has 1 N–H and O–H groups in total. The smallest absolute Gasteiger partial charge is 0.157 e. The van der Waals surface area contributed by atoms with Crippen LogP contribution in [0, 0.1) is 5.41 Å². The standard InChI is InChI=1S/C14H26N2OS/c1-14(2,3)12-7-8-18-13(16-12)15-10-5-6-11(9-10)17-4/h10-12H,5-9H2,1-4H3,(H,15,16). The van der Waals surface area contributed by atoms with Crippen LogP contribution in [0.1, 0.15) is 46.5 Å². The van der Waals surface area contributed by atoms with Gasteiger partial charge in [0.2, 0.25) is 0 Å². The molecule has 18 heavy (non-hydrogen) atoms. The molecule has 0 amide bonds. The van der Waals surface area contributed by atoms with Crippen molar-refractivity contribution in [2.24, 2.45) is 10.4 Å². The predicted molar refractivity (Wildman–Crippen MR) is 79.3 cm³/mol. The van der Waals surface area contributed by atoms with Crippen molar-refractivity contribution in [3.63, 3.8) is 0 Å². The van der Waals surface area contributed by atoms with Crippen LogP contribution in [0.15, 0.2) is 4.99 Å². The minimum absolute atomic E-state index is 0.276. The first-order chi connectivity index (χ1) is 8.49. The van der Waals surface area contributed by atoms with Crippen LogP contribution in [0.25, 0.3) is 0 Å². The van der Waals surface area contributed by atoms with E-state index in [4.69, 9.17) is 9.73 Å². The second-order valence-electron chi connectivity index (χ2n) is 6.47.